The van der Waals surface area contributed by atoms with Crippen molar-refractivity contribution in [3.8, 4) is 0 Å². The highest BCUT2D eigenvalue weighted by atomic mass is 15.2. The van der Waals surface area contributed by atoms with E-state index in [0.29, 0.717) is 6.04 Å². The zero-order chi connectivity index (χ0) is 13.0. The maximum atomic E-state index is 3.62. The van der Waals surface area contributed by atoms with Gasteiger partial charge in [0.15, 0.2) is 0 Å². The second kappa shape index (κ2) is 6.91. The molecule has 1 saturated carbocycles. The van der Waals surface area contributed by atoms with Gasteiger partial charge in [0.2, 0.25) is 0 Å². The fraction of sp³-hybridized carbons (Fsp3) is 1.00. The highest BCUT2D eigenvalue weighted by Crippen LogP contribution is 2.30. The summed E-state index contributed by atoms with van der Waals surface area (Å²) < 4.78 is 0. The van der Waals surface area contributed by atoms with Crippen LogP contribution in [0.5, 0.6) is 0 Å². The number of hydrogen-bond acceptors (Lipinski definition) is 2. The van der Waals surface area contributed by atoms with Crippen molar-refractivity contribution >= 4 is 0 Å². The van der Waals surface area contributed by atoms with E-state index in [9.17, 15) is 0 Å². The van der Waals surface area contributed by atoms with Crippen LogP contribution in [0.1, 0.15) is 59.3 Å². The summed E-state index contributed by atoms with van der Waals surface area (Å²) in [7, 11) is 0. The molecule has 0 radical (unpaired) electrons. The lowest BCUT2D eigenvalue weighted by Gasteiger charge is -2.43. The van der Waals surface area contributed by atoms with Crippen LogP contribution in [0.3, 0.4) is 0 Å². The minimum absolute atomic E-state index is 0.633. The van der Waals surface area contributed by atoms with Gasteiger partial charge in [0.25, 0.3) is 0 Å². The maximum absolute atomic E-state index is 3.62. The van der Waals surface area contributed by atoms with Crippen LogP contribution in [-0.2, 0) is 0 Å². The van der Waals surface area contributed by atoms with Crippen LogP contribution in [0.2, 0.25) is 0 Å². The third kappa shape index (κ3) is 3.96. The summed E-state index contributed by atoms with van der Waals surface area (Å²) in [5, 5.41) is 3.62. The molecule has 2 heteroatoms. The van der Waals surface area contributed by atoms with Crippen molar-refractivity contribution in [2.75, 3.05) is 19.6 Å². The van der Waals surface area contributed by atoms with E-state index in [1.807, 2.05) is 0 Å². The molecule has 0 amide bonds. The summed E-state index contributed by atoms with van der Waals surface area (Å²) in [4.78, 5) is 2.82. The van der Waals surface area contributed by atoms with E-state index in [4.69, 9.17) is 0 Å². The summed E-state index contributed by atoms with van der Waals surface area (Å²) in [6.07, 6.45) is 8.66. The van der Waals surface area contributed by atoms with Gasteiger partial charge in [-0.15, -0.1) is 0 Å². The van der Waals surface area contributed by atoms with Gasteiger partial charge < -0.3 is 5.32 Å². The summed E-state index contributed by atoms with van der Waals surface area (Å²) in [5.74, 6) is 1.81. The normalized spacial score (nSPS) is 35.0. The standard InChI is InChI=1S/C16H32N2/c1-13(2)17-11-15-8-6-10-18(12-15)16-9-5-4-7-14(16)3/h13-17H,4-12H2,1-3H3. The number of nitrogens with one attached hydrogen (secondary N) is 1. The molecule has 3 unspecified atom stereocenters. The minimum atomic E-state index is 0.633. The minimum Gasteiger partial charge on any atom is -0.314 e. The highest BCUT2D eigenvalue weighted by molar-refractivity contribution is 4.85. The molecular weight excluding hydrogens is 220 g/mol. The van der Waals surface area contributed by atoms with Crippen molar-refractivity contribution in [1.82, 2.24) is 10.2 Å². The van der Waals surface area contributed by atoms with E-state index in [1.165, 1.54) is 58.2 Å². The van der Waals surface area contributed by atoms with E-state index in [1.54, 1.807) is 0 Å². The number of piperidine rings is 1. The van der Waals surface area contributed by atoms with Crippen molar-refractivity contribution in [3.63, 3.8) is 0 Å². The molecule has 0 aromatic rings. The topological polar surface area (TPSA) is 15.3 Å². The first-order valence-corrected chi connectivity index (χ1v) is 8.14. The molecule has 1 aliphatic heterocycles. The van der Waals surface area contributed by atoms with Crippen LogP contribution < -0.4 is 5.32 Å². The number of hydrogen-bond donors (Lipinski definition) is 1. The van der Waals surface area contributed by atoms with Gasteiger partial charge in [-0.3, -0.25) is 4.90 Å². The van der Waals surface area contributed by atoms with Gasteiger partial charge in [-0.25, -0.2) is 0 Å². The lowest BCUT2D eigenvalue weighted by molar-refractivity contribution is 0.0669. The second-order valence-corrected chi connectivity index (χ2v) is 6.90. The van der Waals surface area contributed by atoms with Crippen LogP contribution >= 0.6 is 0 Å². The number of likely N-dealkylation sites (tertiary alicyclic amines) is 1. The number of rotatable bonds is 4. The Balaban J connectivity index is 1.81. The Morgan fingerprint density at radius 1 is 1.11 bits per heavy atom. The molecule has 3 atom stereocenters. The van der Waals surface area contributed by atoms with Crippen LogP contribution in [0.25, 0.3) is 0 Å². The molecule has 1 aliphatic carbocycles. The van der Waals surface area contributed by atoms with Crippen molar-refractivity contribution in [2.24, 2.45) is 11.8 Å². The molecule has 1 heterocycles. The zero-order valence-electron chi connectivity index (χ0n) is 12.6. The Morgan fingerprint density at radius 3 is 2.61 bits per heavy atom. The summed E-state index contributed by atoms with van der Waals surface area (Å²) in [6, 6.07) is 1.52. The third-order valence-corrected chi connectivity index (χ3v) is 4.90. The van der Waals surface area contributed by atoms with Gasteiger partial charge in [0.05, 0.1) is 0 Å². The predicted molar refractivity (Wildman–Crippen MR) is 78.9 cm³/mol. The molecule has 1 N–H and O–H groups in total. The molecule has 106 valence electrons. The quantitative estimate of drug-likeness (QED) is 0.826. The Kier molecular flexibility index (Phi) is 5.50. The van der Waals surface area contributed by atoms with Gasteiger partial charge in [-0.05, 0) is 50.6 Å². The van der Waals surface area contributed by atoms with E-state index >= 15 is 0 Å². The first kappa shape index (κ1) is 14.3. The average molecular weight is 252 g/mol. The van der Waals surface area contributed by atoms with E-state index in [0.717, 1.165) is 17.9 Å². The molecule has 0 aromatic heterocycles. The molecular formula is C16H32N2. The zero-order valence-corrected chi connectivity index (χ0v) is 12.6. The Morgan fingerprint density at radius 2 is 1.89 bits per heavy atom. The van der Waals surface area contributed by atoms with E-state index in [-0.39, 0.29) is 0 Å². The Labute approximate surface area is 114 Å². The van der Waals surface area contributed by atoms with Crippen molar-refractivity contribution in [1.29, 1.82) is 0 Å². The van der Waals surface area contributed by atoms with Crippen LogP contribution in [-0.4, -0.2) is 36.6 Å². The summed E-state index contributed by atoms with van der Waals surface area (Å²) >= 11 is 0. The van der Waals surface area contributed by atoms with Crippen molar-refractivity contribution in [3.05, 3.63) is 0 Å². The monoisotopic (exact) mass is 252 g/mol. The second-order valence-electron chi connectivity index (χ2n) is 6.90. The Hall–Kier alpha value is -0.0800. The van der Waals surface area contributed by atoms with Gasteiger partial charge in [0, 0.05) is 18.6 Å². The largest absolute Gasteiger partial charge is 0.314 e. The lowest BCUT2D eigenvalue weighted by Crippen LogP contribution is -2.48. The molecule has 18 heavy (non-hydrogen) atoms. The number of nitrogens with zero attached hydrogens (tertiary/aromatic N) is 1. The summed E-state index contributed by atoms with van der Waals surface area (Å²) in [5.41, 5.74) is 0. The smallest absolute Gasteiger partial charge is 0.0121 e. The van der Waals surface area contributed by atoms with E-state index in [2.05, 4.69) is 31.0 Å². The van der Waals surface area contributed by atoms with Crippen LogP contribution in [0, 0.1) is 11.8 Å². The lowest BCUT2D eigenvalue weighted by atomic mass is 9.83. The average Bonchev–Trinajstić information content (AvgIpc) is 2.37. The van der Waals surface area contributed by atoms with Crippen molar-refractivity contribution in [2.45, 2.75) is 71.4 Å². The molecule has 0 aromatic carbocycles. The maximum Gasteiger partial charge on any atom is 0.0121 e. The van der Waals surface area contributed by atoms with Gasteiger partial charge in [-0.1, -0.05) is 33.6 Å². The first-order valence-electron chi connectivity index (χ1n) is 8.14. The van der Waals surface area contributed by atoms with Crippen LogP contribution in [0.15, 0.2) is 0 Å². The van der Waals surface area contributed by atoms with Gasteiger partial charge >= 0.3 is 0 Å². The molecule has 1 saturated heterocycles. The first-order chi connectivity index (χ1) is 8.66. The molecule has 0 bridgehead atoms. The molecule has 2 fully saturated rings. The molecule has 0 spiro atoms. The van der Waals surface area contributed by atoms with E-state index < -0.39 is 0 Å². The molecule has 2 nitrogen and oxygen atoms in total. The van der Waals surface area contributed by atoms with Gasteiger partial charge in [0.1, 0.15) is 0 Å². The fourth-order valence-corrected chi connectivity index (χ4v) is 3.81. The summed E-state index contributed by atoms with van der Waals surface area (Å²) in [6.45, 7) is 10.9. The van der Waals surface area contributed by atoms with Gasteiger partial charge in [-0.2, -0.15) is 0 Å². The Bertz CT molecular complexity index is 239. The molecule has 2 aliphatic rings. The van der Waals surface area contributed by atoms with Crippen molar-refractivity contribution < 1.29 is 0 Å². The van der Waals surface area contributed by atoms with Crippen LogP contribution in [0.4, 0.5) is 0 Å². The predicted octanol–water partition coefficient (Wildman–Crippen LogP) is 3.28. The fourth-order valence-electron chi connectivity index (χ4n) is 3.81. The highest BCUT2D eigenvalue weighted by Gasteiger charge is 2.30. The SMILES string of the molecule is CC(C)NCC1CCCN(C2CCCCC2C)C1. The third-order valence-electron chi connectivity index (χ3n) is 4.90. The molecule has 2 rings (SSSR count).